The number of nitrogens with zero attached hydrogens (tertiary/aromatic N) is 5. The Morgan fingerprint density at radius 1 is 1.09 bits per heavy atom. The molecule has 1 aromatic heterocycles. The minimum Gasteiger partial charge on any atom is -0.406 e. The van der Waals surface area contributed by atoms with Crippen molar-refractivity contribution in [3.05, 3.63) is 89.7 Å². The zero-order valence-corrected chi connectivity index (χ0v) is 24.1. The largest absolute Gasteiger partial charge is 0.573 e. The molecule has 0 aliphatic carbocycles. The van der Waals surface area contributed by atoms with Gasteiger partial charge in [-0.3, -0.25) is 9.69 Å². The number of aryl methyl sites for hydroxylation is 2. The number of hydrogen-bond donors (Lipinski definition) is 1. The lowest BCUT2D eigenvalue weighted by molar-refractivity contribution is -0.274. The fourth-order valence-corrected chi connectivity index (χ4v) is 5.30. The lowest BCUT2D eigenvalue weighted by Crippen LogP contribution is -2.32. The van der Waals surface area contributed by atoms with Gasteiger partial charge in [-0.2, -0.15) is 4.99 Å². The maximum Gasteiger partial charge on any atom is 0.573 e. The summed E-state index contributed by atoms with van der Waals surface area (Å²) in [4.78, 5) is 35.5. The van der Waals surface area contributed by atoms with Crippen molar-refractivity contribution in [2.24, 2.45) is 4.99 Å². The van der Waals surface area contributed by atoms with Gasteiger partial charge >= 0.3 is 12.4 Å². The van der Waals surface area contributed by atoms with E-state index in [0.29, 0.717) is 22.2 Å². The Labute approximate surface area is 249 Å². The summed E-state index contributed by atoms with van der Waals surface area (Å²) in [5.74, 6) is 0.193. The van der Waals surface area contributed by atoms with E-state index in [4.69, 9.17) is 0 Å². The van der Waals surface area contributed by atoms with Crippen LogP contribution in [0.15, 0.2) is 78.0 Å². The molecular formula is C30H27F3N6O3S. The summed E-state index contributed by atoms with van der Waals surface area (Å²) in [6.07, 6.45) is -1.57. The van der Waals surface area contributed by atoms with E-state index >= 15 is 0 Å². The number of urea groups is 1. The Balaban J connectivity index is 1.21. The smallest absolute Gasteiger partial charge is 0.406 e. The van der Waals surface area contributed by atoms with Crippen LogP contribution >= 0.6 is 11.8 Å². The second-order valence-electron chi connectivity index (χ2n) is 9.70. The fourth-order valence-electron chi connectivity index (χ4n) is 4.44. The van der Waals surface area contributed by atoms with Crippen LogP contribution in [-0.2, 0) is 17.8 Å². The quantitative estimate of drug-likeness (QED) is 0.247. The highest BCUT2D eigenvalue weighted by molar-refractivity contribution is 8.15. The number of aromatic nitrogens is 3. The summed E-state index contributed by atoms with van der Waals surface area (Å²) in [6, 6.07) is 17.9. The van der Waals surface area contributed by atoms with Crippen LogP contribution in [0.5, 0.6) is 5.75 Å². The topological polar surface area (TPSA) is 102 Å². The molecule has 0 atom stereocenters. The first-order valence-corrected chi connectivity index (χ1v) is 14.4. The third-order valence-electron chi connectivity index (χ3n) is 6.45. The van der Waals surface area contributed by atoms with Crippen molar-refractivity contribution in [1.82, 2.24) is 20.1 Å². The lowest BCUT2D eigenvalue weighted by Gasteiger charge is -2.20. The first-order chi connectivity index (χ1) is 20.6. The predicted octanol–water partition coefficient (Wildman–Crippen LogP) is 6.44. The van der Waals surface area contributed by atoms with E-state index in [0.717, 1.165) is 35.2 Å². The van der Waals surface area contributed by atoms with Crippen LogP contribution in [0.2, 0.25) is 0 Å². The molecule has 1 fully saturated rings. The molecular weight excluding hydrogens is 581 g/mol. The highest BCUT2D eigenvalue weighted by Crippen LogP contribution is 2.31. The van der Waals surface area contributed by atoms with Crippen LogP contribution in [-0.4, -0.2) is 44.0 Å². The van der Waals surface area contributed by atoms with Gasteiger partial charge in [0.1, 0.15) is 12.1 Å². The van der Waals surface area contributed by atoms with Crippen LogP contribution in [0.25, 0.3) is 17.1 Å². The third-order valence-corrected chi connectivity index (χ3v) is 7.37. The zero-order chi connectivity index (χ0) is 30.6. The normalized spacial score (nSPS) is 14.4. The molecule has 0 radical (unpaired) electrons. The van der Waals surface area contributed by atoms with Gasteiger partial charge in [-0.05, 0) is 60.4 Å². The van der Waals surface area contributed by atoms with Gasteiger partial charge in [-0.25, -0.2) is 14.5 Å². The SMILES string of the molecule is CCCc1ccc(C)cc1N1C(=O)CSC1=NC(=O)NCc1ccc(-c2ncn(-c3ccc(OC(F)(F)F)cc3)n2)cc1. The van der Waals surface area contributed by atoms with Crippen molar-refractivity contribution in [2.75, 3.05) is 10.7 Å². The summed E-state index contributed by atoms with van der Waals surface area (Å²) >= 11 is 1.24. The first-order valence-electron chi connectivity index (χ1n) is 13.4. The van der Waals surface area contributed by atoms with E-state index in [1.54, 1.807) is 12.1 Å². The maximum atomic E-state index is 12.7. The molecule has 0 saturated carbocycles. The van der Waals surface area contributed by atoms with Gasteiger partial charge in [-0.1, -0.05) is 61.5 Å². The van der Waals surface area contributed by atoms with Gasteiger partial charge in [0.25, 0.3) is 0 Å². The molecule has 43 heavy (non-hydrogen) atoms. The lowest BCUT2D eigenvalue weighted by atomic mass is 10.0. The molecule has 1 aliphatic heterocycles. The number of hydrogen-bond acceptors (Lipinski definition) is 6. The third kappa shape index (κ3) is 7.41. The fraction of sp³-hybridized carbons (Fsp3) is 0.233. The second-order valence-corrected chi connectivity index (χ2v) is 10.6. The van der Waals surface area contributed by atoms with Crippen molar-refractivity contribution >= 4 is 34.6 Å². The highest BCUT2D eigenvalue weighted by atomic mass is 32.2. The van der Waals surface area contributed by atoms with E-state index in [1.165, 1.54) is 51.9 Å². The Morgan fingerprint density at radius 3 is 2.53 bits per heavy atom. The molecule has 3 aromatic carbocycles. The number of alkyl halides is 3. The monoisotopic (exact) mass is 608 g/mol. The van der Waals surface area contributed by atoms with E-state index in [-0.39, 0.29) is 24.0 Å². The minimum atomic E-state index is -4.76. The first kappa shape index (κ1) is 29.8. The number of benzene rings is 3. The maximum absolute atomic E-state index is 12.7. The Hall–Kier alpha value is -4.65. The van der Waals surface area contributed by atoms with Gasteiger partial charge in [0.05, 0.1) is 17.1 Å². The molecule has 1 saturated heterocycles. The van der Waals surface area contributed by atoms with Crippen LogP contribution in [0, 0.1) is 6.92 Å². The molecule has 4 aromatic rings. The zero-order valence-electron chi connectivity index (χ0n) is 23.3. The molecule has 0 bridgehead atoms. The number of amidine groups is 1. The average Bonchev–Trinajstić information content (AvgIpc) is 3.60. The van der Waals surface area contributed by atoms with Gasteiger partial charge in [0.2, 0.25) is 5.91 Å². The van der Waals surface area contributed by atoms with Crippen LogP contribution in [0.1, 0.15) is 30.0 Å². The molecule has 13 heteroatoms. The number of rotatable bonds is 8. The van der Waals surface area contributed by atoms with E-state index in [1.807, 2.05) is 37.3 Å². The average molecular weight is 609 g/mol. The van der Waals surface area contributed by atoms with Crippen molar-refractivity contribution < 1.29 is 27.5 Å². The number of aliphatic imine (C=N–C) groups is 1. The van der Waals surface area contributed by atoms with Gasteiger partial charge in [0.15, 0.2) is 11.0 Å². The number of carbonyl (C=O) groups is 2. The number of amides is 3. The second kappa shape index (κ2) is 12.7. The Bertz CT molecular complexity index is 1650. The molecule has 0 unspecified atom stereocenters. The molecule has 3 amide bonds. The summed E-state index contributed by atoms with van der Waals surface area (Å²) in [5, 5.41) is 7.52. The van der Waals surface area contributed by atoms with E-state index < -0.39 is 12.4 Å². The van der Waals surface area contributed by atoms with Gasteiger partial charge in [-0.15, -0.1) is 18.3 Å². The van der Waals surface area contributed by atoms with Crippen molar-refractivity contribution in [3.8, 4) is 22.8 Å². The van der Waals surface area contributed by atoms with Crippen molar-refractivity contribution in [1.29, 1.82) is 0 Å². The molecule has 2 heterocycles. The molecule has 0 spiro atoms. The molecule has 9 nitrogen and oxygen atoms in total. The standard InChI is InChI=1S/C30H27F3N6O3S/c1-3-4-21-8-5-19(2)15-25(21)39-26(40)17-43-29(39)36-28(41)34-16-20-6-9-22(10-7-20)27-35-18-38(37-27)23-11-13-24(14-12-23)42-30(31,32)33/h5-15,18H,3-4,16-17H2,1-2H3,(H,34,41). The Kier molecular flexibility index (Phi) is 8.81. The number of halogens is 3. The van der Waals surface area contributed by atoms with Crippen LogP contribution < -0.4 is 15.0 Å². The summed E-state index contributed by atoms with van der Waals surface area (Å²) in [6.45, 7) is 4.25. The number of ether oxygens (including phenoxy) is 1. The van der Waals surface area contributed by atoms with Gasteiger partial charge in [0, 0.05) is 12.1 Å². The Morgan fingerprint density at radius 2 is 1.84 bits per heavy atom. The van der Waals surface area contributed by atoms with Crippen molar-refractivity contribution in [2.45, 2.75) is 39.6 Å². The molecule has 5 rings (SSSR count). The summed E-state index contributed by atoms with van der Waals surface area (Å²) < 4.78 is 42.5. The van der Waals surface area contributed by atoms with Crippen LogP contribution in [0.4, 0.5) is 23.7 Å². The summed E-state index contributed by atoms with van der Waals surface area (Å²) in [5.41, 5.74) is 4.85. The summed E-state index contributed by atoms with van der Waals surface area (Å²) in [7, 11) is 0. The number of anilines is 1. The van der Waals surface area contributed by atoms with E-state index in [2.05, 4.69) is 32.1 Å². The predicted molar refractivity (Wildman–Crippen MR) is 158 cm³/mol. The minimum absolute atomic E-state index is 0.112. The molecule has 1 N–H and O–H groups in total. The van der Waals surface area contributed by atoms with Crippen LogP contribution in [0.3, 0.4) is 0 Å². The number of thioether (sulfide) groups is 1. The number of nitrogens with one attached hydrogen (secondary N) is 1. The molecule has 222 valence electrons. The number of carbonyl (C=O) groups excluding carboxylic acids is 2. The molecule has 1 aliphatic rings. The van der Waals surface area contributed by atoms with Gasteiger partial charge < -0.3 is 10.1 Å². The highest BCUT2D eigenvalue weighted by Gasteiger charge is 2.32. The van der Waals surface area contributed by atoms with E-state index in [9.17, 15) is 22.8 Å². The van der Waals surface area contributed by atoms with Crippen molar-refractivity contribution in [3.63, 3.8) is 0 Å².